The second-order valence-electron chi connectivity index (χ2n) is 13.0. The highest BCUT2D eigenvalue weighted by molar-refractivity contribution is 5.94. The van der Waals surface area contributed by atoms with Gasteiger partial charge < -0.3 is 28.8 Å². The van der Waals surface area contributed by atoms with Crippen LogP contribution in [0.5, 0.6) is 17.2 Å². The van der Waals surface area contributed by atoms with Gasteiger partial charge in [0, 0.05) is 25.7 Å². The van der Waals surface area contributed by atoms with Gasteiger partial charge in [-0.1, -0.05) is 54.6 Å². The van der Waals surface area contributed by atoms with Gasteiger partial charge in [0.15, 0.2) is 17.4 Å². The van der Waals surface area contributed by atoms with Gasteiger partial charge in [-0.2, -0.15) is 4.39 Å². The van der Waals surface area contributed by atoms with Crippen LogP contribution < -0.4 is 14.2 Å². The van der Waals surface area contributed by atoms with Crippen LogP contribution in [-0.4, -0.2) is 59.7 Å². The van der Waals surface area contributed by atoms with Crippen LogP contribution in [0.25, 0.3) is 5.57 Å². The lowest BCUT2D eigenvalue weighted by Crippen LogP contribution is -2.47. The molecule has 0 N–H and O–H groups in total. The third-order valence-corrected chi connectivity index (χ3v) is 9.21. The van der Waals surface area contributed by atoms with Crippen molar-refractivity contribution in [3.05, 3.63) is 141 Å². The highest BCUT2D eigenvalue weighted by Gasteiger charge is 2.40. The average Bonchev–Trinajstić information content (AvgIpc) is 4.03. The summed E-state index contributed by atoms with van der Waals surface area (Å²) in [5, 5.41) is 9.73. The Morgan fingerprint density at radius 2 is 1.61 bits per heavy atom. The number of ether oxygens (including phenoxy) is 3. The number of methoxy groups -OCH3 is 1. The van der Waals surface area contributed by atoms with Crippen LogP contribution in [0.15, 0.2) is 91.0 Å². The number of halogens is 3. The molecule has 1 fully saturated rings. The molecule has 0 spiro atoms. The topological polar surface area (TPSA) is 121 Å². The van der Waals surface area contributed by atoms with E-state index >= 15 is 0 Å². The van der Waals surface area contributed by atoms with Crippen LogP contribution in [0.4, 0.5) is 18.0 Å². The lowest BCUT2D eigenvalue weighted by atomic mass is 9.87. The number of carbonyl (C=O) groups is 2. The number of nitrogens with zero attached hydrogens (tertiary/aromatic N) is 3. The minimum atomic E-state index is -1.37. The summed E-state index contributed by atoms with van der Waals surface area (Å²) in [5.74, 6) is -4.30. The molecule has 1 aliphatic heterocycles. The predicted octanol–water partition coefficient (Wildman–Crippen LogP) is 7.54. The summed E-state index contributed by atoms with van der Waals surface area (Å²) < 4.78 is 57.7. The number of benzene rings is 4. The van der Waals surface area contributed by atoms with E-state index in [4.69, 9.17) is 14.2 Å². The number of hydrogen-bond donors (Lipinski definition) is 0. The Balaban J connectivity index is 1.19. The zero-order chi connectivity index (χ0) is 38.2. The summed E-state index contributed by atoms with van der Waals surface area (Å²) in [7, 11) is 1.58. The number of aryl methyl sites for hydroxylation is 1. The van der Waals surface area contributed by atoms with Crippen molar-refractivity contribution in [2.45, 2.75) is 44.9 Å². The fourth-order valence-corrected chi connectivity index (χ4v) is 6.31. The maximum atomic E-state index is 14.6. The Bertz CT molecular complexity index is 2020. The van der Waals surface area contributed by atoms with E-state index in [1.807, 2.05) is 59.5 Å². The van der Waals surface area contributed by atoms with Crippen LogP contribution in [0.1, 0.15) is 41.5 Å². The minimum Gasteiger partial charge on any atom is -0.497 e. The molecular formula is C40H38F3N3O8. The second kappa shape index (κ2) is 17.2. The molecule has 1 saturated carbocycles. The first-order valence-corrected chi connectivity index (χ1v) is 17.4. The molecule has 14 heteroatoms. The zero-order valence-corrected chi connectivity index (χ0v) is 29.4. The van der Waals surface area contributed by atoms with Crippen LogP contribution in [-0.2, 0) is 29.2 Å². The summed E-state index contributed by atoms with van der Waals surface area (Å²) in [6.45, 7) is 0.220. The molecule has 1 atom stereocenters. The molecule has 1 aliphatic carbocycles. The van der Waals surface area contributed by atoms with Gasteiger partial charge >= 0.3 is 6.09 Å². The number of hydrogen-bond acceptors (Lipinski definition) is 8. The van der Waals surface area contributed by atoms with E-state index in [9.17, 15) is 32.9 Å². The van der Waals surface area contributed by atoms with Gasteiger partial charge in [-0.15, -0.1) is 10.1 Å². The summed E-state index contributed by atoms with van der Waals surface area (Å²) in [4.78, 5) is 46.4. The van der Waals surface area contributed by atoms with Gasteiger partial charge in [-0.05, 0) is 89.9 Å². The molecule has 282 valence electrons. The zero-order valence-electron chi connectivity index (χ0n) is 29.4. The molecule has 11 nitrogen and oxygen atoms in total. The van der Waals surface area contributed by atoms with Crippen molar-refractivity contribution in [1.82, 2.24) is 9.80 Å². The van der Waals surface area contributed by atoms with Gasteiger partial charge in [0.05, 0.1) is 19.6 Å². The normalized spacial score (nSPS) is 15.2. The van der Waals surface area contributed by atoms with Crippen molar-refractivity contribution in [1.29, 1.82) is 0 Å². The largest absolute Gasteiger partial charge is 0.497 e. The standard InChI is InChI=1S/C40H38F3N3O8/c1-51-31-8-2-5-27(21-31)23-45(30-14-15-30)39(47)34-24-44(40(48)54-32-9-3-6-28(22-32)25-53-46(49)50)19-18-33(34)29-12-10-26(11-13-29)7-4-20-52-38-36(42)17-16-35(41)37(38)43/h2-3,5-6,8-13,16-18,21-22,30,34H,4,7,14-15,19-20,23-25H2,1H3. The summed E-state index contributed by atoms with van der Waals surface area (Å²) in [6, 6.07) is 22.9. The van der Waals surface area contributed by atoms with Crippen LogP contribution in [0.3, 0.4) is 0 Å². The third-order valence-electron chi connectivity index (χ3n) is 9.21. The molecule has 0 radical (unpaired) electrons. The number of carbonyl (C=O) groups excluding carboxylic acids is 2. The van der Waals surface area contributed by atoms with Crippen molar-refractivity contribution >= 4 is 17.6 Å². The van der Waals surface area contributed by atoms with E-state index in [0.29, 0.717) is 36.8 Å². The van der Waals surface area contributed by atoms with Crippen LogP contribution in [0, 0.1) is 33.5 Å². The van der Waals surface area contributed by atoms with Crippen molar-refractivity contribution < 1.29 is 46.9 Å². The molecule has 2 amide bonds. The molecule has 0 saturated heterocycles. The Hall–Kier alpha value is -6.05. The molecule has 2 aliphatic rings. The highest BCUT2D eigenvalue weighted by Crippen LogP contribution is 2.36. The Morgan fingerprint density at radius 3 is 2.33 bits per heavy atom. The van der Waals surface area contributed by atoms with Gasteiger partial charge in [0.25, 0.3) is 5.09 Å². The molecule has 0 bridgehead atoms. The summed E-state index contributed by atoms with van der Waals surface area (Å²) in [6.07, 6.45) is 3.80. The molecule has 0 aromatic heterocycles. The van der Waals surface area contributed by atoms with Crippen LogP contribution >= 0.6 is 0 Å². The fraction of sp³-hybridized carbons (Fsp3) is 0.300. The molecule has 4 aromatic rings. The van der Waals surface area contributed by atoms with E-state index in [1.54, 1.807) is 25.3 Å². The highest BCUT2D eigenvalue weighted by atomic mass is 19.2. The minimum absolute atomic E-state index is 0.0338. The Kier molecular flexibility index (Phi) is 12.0. The quantitative estimate of drug-likeness (QED) is 0.0530. The number of amides is 2. The Morgan fingerprint density at radius 1 is 0.907 bits per heavy atom. The van der Waals surface area contributed by atoms with Gasteiger partial charge in [-0.3, -0.25) is 4.79 Å². The molecule has 6 rings (SSSR count). The average molecular weight is 746 g/mol. The van der Waals surface area contributed by atoms with E-state index in [2.05, 4.69) is 4.84 Å². The van der Waals surface area contributed by atoms with Crippen molar-refractivity contribution in [2.75, 3.05) is 26.8 Å². The van der Waals surface area contributed by atoms with Crippen molar-refractivity contribution in [3.63, 3.8) is 0 Å². The van der Waals surface area contributed by atoms with E-state index < -0.39 is 40.3 Å². The molecular weight excluding hydrogens is 707 g/mol. The third kappa shape index (κ3) is 9.48. The number of rotatable bonds is 15. The van der Waals surface area contributed by atoms with Gasteiger partial charge in [0.1, 0.15) is 18.1 Å². The molecule has 1 unspecified atom stereocenters. The molecule has 4 aromatic carbocycles. The Labute approximate surface area is 309 Å². The predicted molar refractivity (Wildman–Crippen MR) is 190 cm³/mol. The first kappa shape index (κ1) is 37.7. The summed E-state index contributed by atoms with van der Waals surface area (Å²) in [5.41, 5.74) is 3.81. The van der Waals surface area contributed by atoms with Gasteiger partial charge in [0.2, 0.25) is 11.7 Å². The molecule has 54 heavy (non-hydrogen) atoms. The lowest BCUT2D eigenvalue weighted by Gasteiger charge is -2.35. The second-order valence-corrected chi connectivity index (χ2v) is 13.0. The lowest BCUT2D eigenvalue weighted by molar-refractivity contribution is -0.763. The van der Waals surface area contributed by atoms with Crippen molar-refractivity contribution in [3.8, 4) is 17.2 Å². The summed E-state index contributed by atoms with van der Waals surface area (Å²) >= 11 is 0. The molecule has 1 heterocycles. The van der Waals surface area contributed by atoms with E-state index in [0.717, 1.165) is 41.2 Å². The maximum absolute atomic E-state index is 14.6. The fourth-order valence-electron chi connectivity index (χ4n) is 6.31. The smallest absolute Gasteiger partial charge is 0.415 e. The van der Waals surface area contributed by atoms with Crippen molar-refractivity contribution in [2.24, 2.45) is 5.92 Å². The SMILES string of the molecule is COc1cccc(CN(C(=O)C2CN(C(=O)Oc3cccc(CO[N+](=O)[O-])c3)CC=C2c2ccc(CCCOc3c(F)ccc(F)c3F)cc2)C2CC2)c1. The van der Waals surface area contributed by atoms with E-state index in [1.165, 1.54) is 11.0 Å². The monoisotopic (exact) mass is 745 g/mol. The first-order valence-electron chi connectivity index (χ1n) is 17.4. The van der Waals surface area contributed by atoms with E-state index in [-0.39, 0.29) is 44.0 Å². The maximum Gasteiger partial charge on any atom is 0.415 e. The first-order chi connectivity index (χ1) is 26.1. The van der Waals surface area contributed by atoms with Crippen LogP contribution in [0.2, 0.25) is 0 Å². The van der Waals surface area contributed by atoms with Gasteiger partial charge in [-0.25, -0.2) is 13.6 Å².